The summed E-state index contributed by atoms with van der Waals surface area (Å²) in [5.41, 5.74) is 10.1. The molecule has 0 radical (unpaired) electrons. The van der Waals surface area contributed by atoms with E-state index < -0.39 is 0 Å². The topological polar surface area (TPSA) is 86.7 Å². The highest BCUT2D eigenvalue weighted by Gasteiger charge is 2.23. The molecule has 0 aliphatic heterocycles. The van der Waals surface area contributed by atoms with E-state index in [0.29, 0.717) is 0 Å². The second-order valence-corrected chi connectivity index (χ2v) is 9.27. The van der Waals surface area contributed by atoms with Gasteiger partial charge in [-0.2, -0.15) is 5.10 Å². The number of nitrogens with zero attached hydrogens (tertiary/aromatic N) is 4. The average molecular weight is 404 g/mol. The van der Waals surface area contributed by atoms with Gasteiger partial charge in [0.15, 0.2) is 8.68 Å². The zero-order valence-electron chi connectivity index (χ0n) is 13.9. The van der Waals surface area contributed by atoms with Crippen LogP contribution in [-0.2, 0) is 23.4 Å². The maximum atomic E-state index is 10.9. The normalized spacial score (nSPS) is 13.1. The first-order chi connectivity index (χ1) is 12.7. The lowest BCUT2D eigenvalue weighted by Gasteiger charge is -2.04. The van der Waals surface area contributed by atoms with Gasteiger partial charge in [-0.25, -0.2) is 4.68 Å². The Morgan fingerprint density at radius 3 is 2.69 bits per heavy atom. The molecule has 0 bridgehead atoms. The molecule has 0 spiro atoms. The second kappa shape index (κ2) is 7.81. The van der Waals surface area contributed by atoms with Gasteiger partial charge < -0.3 is 5.73 Å². The van der Waals surface area contributed by atoms with Gasteiger partial charge in [0.2, 0.25) is 5.91 Å². The van der Waals surface area contributed by atoms with Gasteiger partial charge in [0.1, 0.15) is 0 Å². The van der Waals surface area contributed by atoms with E-state index in [1.165, 1.54) is 40.8 Å². The van der Waals surface area contributed by atoms with Crippen molar-refractivity contribution in [3.8, 4) is 5.69 Å². The summed E-state index contributed by atoms with van der Waals surface area (Å²) < 4.78 is 3.75. The molecule has 1 aromatic carbocycles. The fourth-order valence-electron chi connectivity index (χ4n) is 2.99. The maximum Gasteiger partial charge on any atom is 0.227 e. The number of para-hydroxylation sites is 1. The van der Waals surface area contributed by atoms with E-state index in [-0.39, 0.29) is 11.7 Å². The fourth-order valence-corrected chi connectivity index (χ4v) is 5.71. The first kappa shape index (κ1) is 17.6. The van der Waals surface area contributed by atoms with Crippen LogP contribution < -0.4 is 5.73 Å². The van der Waals surface area contributed by atoms with Crippen LogP contribution in [0.3, 0.4) is 0 Å². The molecular formula is C17H17N5OS3. The number of aromatic nitrogens is 4. The summed E-state index contributed by atoms with van der Waals surface area (Å²) in [7, 11) is 0. The molecule has 0 unspecified atom stereocenters. The lowest BCUT2D eigenvalue weighted by Crippen LogP contribution is -2.12. The van der Waals surface area contributed by atoms with Crippen molar-refractivity contribution in [2.75, 3.05) is 5.75 Å². The number of carbonyl (C=O) groups is 1. The Morgan fingerprint density at radius 1 is 1.15 bits per heavy atom. The third kappa shape index (κ3) is 3.79. The monoisotopic (exact) mass is 403 g/mol. The van der Waals surface area contributed by atoms with Gasteiger partial charge in [-0.15, -0.1) is 10.2 Å². The minimum atomic E-state index is -0.346. The quantitative estimate of drug-likeness (QED) is 0.610. The zero-order valence-corrected chi connectivity index (χ0v) is 16.4. The number of nitrogens with two attached hydrogens (primary N) is 1. The molecule has 134 valence electrons. The molecule has 2 N–H and O–H groups in total. The van der Waals surface area contributed by atoms with Crippen molar-refractivity contribution in [2.45, 2.75) is 33.7 Å². The van der Waals surface area contributed by atoms with Crippen LogP contribution in [0.4, 0.5) is 0 Å². The van der Waals surface area contributed by atoms with Gasteiger partial charge in [-0.3, -0.25) is 4.79 Å². The van der Waals surface area contributed by atoms with E-state index in [4.69, 9.17) is 10.8 Å². The van der Waals surface area contributed by atoms with Crippen molar-refractivity contribution in [3.05, 3.63) is 47.3 Å². The van der Waals surface area contributed by atoms with Crippen LogP contribution in [0.25, 0.3) is 5.69 Å². The molecule has 2 aromatic heterocycles. The molecule has 1 amide bonds. The van der Waals surface area contributed by atoms with Crippen LogP contribution in [0, 0.1) is 0 Å². The third-order valence-corrected chi connectivity index (χ3v) is 7.30. The number of thioether (sulfide) groups is 2. The number of primary amides is 1. The third-order valence-electron chi connectivity index (χ3n) is 4.07. The first-order valence-electron chi connectivity index (χ1n) is 8.23. The van der Waals surface area contributed by atoms with Crippen LogP contribution in [0.15, 0.2) is 39.0 Å². The Hall–Kier alpha value is -1.84. The highest BCUT2D eigenvalue weighted by atomic mass is 32.2. The molecule has 3 aromatic rings. The van der Waals surface area contributed by atoms with E-state index in [1.807, 2.05) is 18.2 Å². The fraction of sp³-hybridized carbons (Fsp3) is 0.294. The summed E-state index contributed by atoms with van der Waals surface area (Å²) in [4.78, 5) is 10.9. The summed E-state index contributed by atoms with van der Waals surface area (Å²) in [6, 6.07) is 10.3. The predicted molar refractivity (Wildman–Crippen MR) is 105 cm³/mol. The van der Waals surface area contributed by atoms with Gasteiger partial charge in [-0.1, -0.05) is 53.1 Å². The summed E-state index contributed by atoms with van der Waals surface area (Å²) in [5, 5.41) is 13.2. The average Bonchev–Trinajstić information content (AvgIpc) is 3.36. The first-order valence-corrected chi connectivity index (χ1v) is 11.0. The van der Waals surface area contributed by atoms with Crippen LogP contribution in [0.1, 0.15) is 23.4 Å². The Labute approximate surface area is 163 Å². The second-order valence-electron chi connectivity index (χ2n) is 5.85. The van der Waals surface area contributed by atoms with Gasteiger partial charge in [0, 0.05) is 11.4 Å². The molecule has 4 rings (SSSR count). The molecule has 0 fully saturated rings. The smallest absolute Gasteiger partial charge is 0.227 e. The van der Waals surface area contributed by atoms with Gasteiger partial charge in [0.05, 0.1) is 17.1 Å². The van der Waals surface area contributed by atoms with Crippen molar-refractivity contribution < 1.29 is 4.79 Å². The molecule has 2 heterocycles. The summed E-state index contributed by atoms with van der Waals surface area (Å²) in [5.74, 6) is 0.660. The number of fused-ring (bicyclic) bond motifs is 1. The molecule has 0 saturated carbocycles. The minimum Gasteiger partial charge on any atom is -0.369 e. The molecule has 1 aliphatic rings. The Kier molecular flexibility index (Phi) is 5.28. The number of hydrogen-bond acceptors (Lipinski definition) is 7. The Morgan fingerprint density at radius 2 is 1.92 bits per heavy atom. The van der Waals surface area contributed by atoms with Crippen molar-refractivity contribution in [3.63, 3.8) is 0 Å². The molecule has 0 saturated heterocycles. The van der Waals surface area contributed by atoms with Crippen LogP contribution in [0.5, 0.6) is 0 Å². The van der Waals surface area contributed by atoms with E-state index in [0.717, 1.165) is 38.7 Å². The van der Waals surface area contributed by atoms with E-state index in [2.05, 4.69) is 27.0 Å². The van der Waals surface area contributed by atoms with Gasteiger partial charge in [0.25, 0.3) is 0 Å². The number of amides is 1. The summed E-state index contributed by atoms with van der Waals surface area (Å²) >= 11 is 4.46. The standard InChI is InChI=1S/C17H17N5OS3/c18-15(23)10-25-17-20-19-16(26-17)24-9-13-12-7-4-8-14(12)22(21-13)11-5-2-1-3-6-11/h1-3,5-6H,4,7-10H2,(H2,18,23). The Bertz CT molecular complexity index is 922. The molecule has 1 aliphatic carbocycles. The largest absolute Gasteiger partial charge is 0.369 e. The molecule has 26 heavy (non-hydrogen) atoms. The zero-order chi connectivity index (χ0) is 17.9. The van der Waals surface area contributed by atoms with Crippen molar-refractivity contribution in [1.82, 2.24) is 20.0 Å². The SMILES string of the molecule is NC(=O)CSc1nnc(SCc2nn(-c3ccccc3)c3c2CCC3)s1. The van der Waals surface area contributed by atoms with E-state index in [1.54, 1.807) is 11.8 Å². The number of carbonyl (C=O) groups excluding carboxylic acids is 1. The van der Waals surface area contributed by atoms with E-state index >= 15 is 0 Å². The maximum absolute atomic E-state index is 10.9. The van der Waals surface area contributed by atoms with Crippen LogP contribution in [-0.4, -0.2) is 31.6 Å². The van der Waals surface area contributed by atoms with Crippen LogP contribution >= 0.6 is 34.9 Å². The number of hydrogen-bond donors (Lipinski definition) is 1. The van der Waals surface area contributed by atoms with Gasteiger partial charge >= 0.3 is 0 Å². The van der Waals surface area contributed by atoms with Gasteiger partial charge in [-0.05, 0) is 37.0 Å². The number of benzene rings is 1. The lowest BCUT2D eigenvalue weighted by atomic mass is 10.2. The summed E-state index contributed by atoms with van der Waals surface area (Å²) in [6.45, 7) is 0. The predicted octanol–water partition coefficient (Wildman–Crippen LogP) is 3.08. The highest BCUT2D eigenvalue weighted by molar-refractivity contribution is 8.03. The highest BCUT2D eigenvalue weighted by Crippen LogP contribution is 2.34. The minimum absolute atomic E-state index is 0.230. The molecular weight excluding hydrogens is 386 g/mol. The van der Waals surface area contributed by atoms with Crippen molar-refractivity contribution in [1.29, 1.82) is 0 Å². The van der Waals surface area contributed by atoms with E-state index in [9.17, 15) is 4.79 Å². The summed E-state index contributed by atoms with van der Waals surface area (Å²) in [6.07, 6.45) is 3.35. The number of rotatable bonds is 7. The molecule has 6 nitrogen and oxygen atoms in total. The Balaban J connectivity index is 1.48. The van der Waals surface area contributed by atoms with Crippen LogP contribution in [0.2, 0.25) is 0 Å². The lowest BCUT2D eigenvalue weighted by molar-refractivity contribution is -0.115. The molecule has 0 atom stereocenters. The molecule has 9 heteroatoms. The van der Waals surface area contributed by atoms with Crippen molar-refractivity contribution >= 4 is 40.8 Å². The van der Waals surface area contributed by atoms with Crippen molar-refractivity contribution in [2.24, 2.45) is 5.73 Å².